The highest BCUT2D eigenvalue weighted by atomic mass is 19.4. The minimum atomic E-state index is -4.69. The molecule has 3 rings (SSSR count). The number of hydrogen-bond acceptors (Lipinski definition) is 7. The van der Waals surface area contributed by atoms with Crippen molar-refractivity contribution < 1.29 is 22.8 Å². The number of rotatable bonds is 6. The van der Waals surface area contributed by atoms with E-state index in [1.54, 1.807) is 17.9 Å². The molecule has 0 atom stereocenters. The molecule has 0 bridgehead atoms. The van der Waals surface area contributed by atoms with Crippen LogP contribution in [0.15, 0.2) is 24.4 Å². The maximum absolute atomic E-state index is 13.6. The molecule has 0 aliphatic carbocycles. The SMILES string of the molecule is CCNC(=O)Nc1nccc(CN2CCN(c3ccc(C(=O)NC)nc3C(F)(F)F)CC2)n1. The Bertz CT molecular complexity index is 994. The highest BCUT2D eigenvalue weighted by molar-refractivity contribution is 5.92. The zero-order chi connectivity index (χ0) is 24.0. The van der Waals surface area contributed by atoms with Gasteiger partial charge in [0.2, 0.25) is 5.95 Å². The maximum Gasteiger partial charge on any atom is 0.435 e. The summed E-state index contributed by atoms with van der Waals surface area (Å²) in [6.45, 7) is 4.41. The average molecular weight is 466 g/mol. The summed E-state index contributed by atoms with van der Waals surface area (Å²) in [6.07, 6.45) is -3.15. The number of amides is 3. The zero-order valence-corrected chi connectivity index (χ0v) is 18.2. The van der Waals surface area contributed by atoms with E-state index in [4.69, 9.17) is 0 Å². The summed E-state index contributed by atoms with van der Waals surface area (Å²) in [5, 5.41) is 7.42. The molecule has 0 radical (unpaired) electrons. The van der Waals surface area contributed by atoms with Crippen LogP contribution < -0.4 is 20.9 Å². The van der Waals surface area contributed by atoms with E-state index in [2.05, 4.69) is 30.9 Å². The number of urea groups is 1. The van der Waals surface area contributed by atoms with E-state index in [9.17, 15) is 22.8 Å². The largest absolute Gasteiger partial charge is 0.435 e. The number of pyridine rings is 1. The van der Waals surface area contributed by atoms with Crippen LogP contribution in [0.5, 0.6) is 0 Å². The molecule has 33 heavy (non-hydrogen) atoms. The summed E-state index contributed by atoms with van der Waals surface area (Å²) in [6, 6.07) is 3.90. The first-order chi connectivity index (χ1) is 15.7. The van der Waals surface area contributed by atoms with Gasteiger partial charge in [-0.3, -0.25) is 15.0 Å². The molecule has 1 fully saturated rings. The number of nitrogens with one attached hydrogen (secondary N) is 3. The summed E-state index contributed by atoms with van der Waals surface area (Å²) in [7, 11) is 1.33. The van der Waals surface area contributed by atoms with E-state index in [0.717, 1.165) is 0 Å². The molecule has 0 unspecified atom stereocenters. The highest BCUT2D eigenvalue weighted by Gasteiger charge is 2.38. The van der Waals surface area contributed by atoms with E-state index in [0.29, 0.717) is 45.0 Å². The molecular weight excluding hydrogens is 441 g/mol. The fraction of sp³-hybridized carbons (Fsp3) is 0.450. The Hall–Kier alpha value is -3.48. The van der Waals surface area contributed by atoms with E-state index in [1.807, 2.05) is 4.90 Å². The predicted octanol–water partition coefficient (Wildman–Crippen LogP) is 1.71. The number of piperazine rings is 1. The smallest absolute Gasteiger partial charge is 0.367 e. The van der Waals surface area contributed by atoms with Gasteiger partial charge in [-0.25, -0.2) is 19.7 Å². The number of alkyl halides is 3. The van der Waals surface area contributed by atoms with E-state index in [1.165, 1.54) is 25.4 Å². The van der Waals surface area contributed by atoms with Gasteiger partial charge in [0.05, 0.1) is 11.4 Å². The molecule has 1 saturated heterocycles. The van der Waals surface area contributed by atoms with Crippen LogP contribution in [0.2, 0.25) is 0 Å². The van der Waals surface area contributed by atoms with Gasteiger partial charge >= 0.3 is 12.2 Å². The standard InChI is InChI=1S/C20H25F3N8O2/c1-3-25-19(33)29-18-26-7-6-13(27-18)12-30-8-10-31(11-9-30)15-5-4-14(17(32)24-2)28-16(15)20(21,22)23/h4-7H,3,8-12H2,1-2H3,(H,24,32)(H2,25,26,27,29,33). The first-order valence-electron chi connectivity index (χ1n) is 10.4. The van der Waals surface area contributed by atoms with Gasteiger partial charge in [0.1, 0.15) is 5.69 Å². The molecule has 178 valence electrons. The lowest BCUT2D eigenvalue weighted by Gasteiger charge is -2.36. The van der Waals surface area contributed by atoms with Crippen LogP contribution in [0.3, 0.4) is 0 Å². The zero-order valence-electron chi connectivity index (χ0n) is 18.2. The van der Waals surface area contributed by atoms with Crippen molar-refractivity contribution in [2.45, 2.75) is 19.6 Å². The highest BCUT2D eigenvalue weighted by Crippen LogP contribution is 2.35. The monoisotopic (exact) mass is 466 g/mol. The number of carbonyl (C=O) groups excluding carboxylic acids is 2. The molecule has 0 aromatic carbocycles. The average Bonchev–Trinajstić information content (AvgIpc) is 2.78. The Labute approximate surface area is 188 Å². The van der Waals surface area contributed by atoms with Gasteiger partial charge in [-0.1, -0.05) is 0 Å². The molecule has 10 nitrogen and oxygen atoms in total. The Morgan fingerprint density at radius 2 is 1.82 bits per heavy atom. The molecule has 0 saturated carbocycles. The predicted molar refractivity (Wildman–Crippen MR) is 115 cm³/mol. The molecule has 13 heteroatoms. The lowest BCUT2D eigenvalue weighted by Crippen LogP contribution is -2.46. The van der Waals surface area contributed by atoms with Crippen molar-refractivity contribution in [2.24, 2.45) is 0 Å². The number of carbonyl (C=O) groups is 2. The van der Waals surface area contributed by atoms with Crippen molar-refractivity contribution in [2.75, 3.05) is 50.0 Å². The van der Waals surface area contributed by atoms with Gasteiger partial charge in [-0.05, 0) is 25.1 Å². The summed E-state index contributed by atoms with van der Waals surface area (Å²) in [5.41, 5.74) is -0.731. The number of anilines is 2. The lowest BCUT2D eigenvalue weighted by molar-refractivity contribution is -0.140. The maximum atomic E-state index is 13.6. The van der Waals surface area contributed by atoms with Gasteiger partial charge in [0.15, 0.2) is 5.69 Å². The fourth-order valence-corrected chi connectivity index (χ4v) is 3.40. The van der Waals surface area contributed by atoms with Crippen LogP contribution in [0.4, 0.5) is 29.6 Å². The number of hydrogen-bond donors (Lipinski definition) is 3. The summed E-state index contributed by atoms with van der Waals surface area (Å²) >= 11 is 0. The third-order valence-electron chi connectivity index (χ3n) is 4.98. The van der Waals surface area contributed by atoms with E-state index >= 15 is 0 Å². The first kappa shape index (κ1) is 24.2. The van der Waals surface area contributed by atoms with Crippen LogP contribution in [0, 0.1) is 0 Å². The van der Waals surface area contributed by atoms with Gasteiger partial charge < -0.3 is 15.5 Å². The minimum absolute atomic E-state index is 0.0507. The lowest BCUT2D eigenvalue weighted by atomic mass is 10.2. The summed E-state index contributed by atoms with van der Waals surface area (Å²) in [5.74, 6) is -0.503. The van der Waals surface area contributed by atoms with Crippen molar-refractivity contribution >= 4 is 23.6 Å². The van der Waals surface area contributed by atoms with E-state index < -0.39 is 23.8 Å². The molecule has 2 aromatic rings. The Kier molecular flexibility index (Phi) is 7.63. The second kappa shape index (κ2) is 10.4. The summed E-state index contributed by atoms with van der Waals surface area (Å²) < 4.78 is 40.8. The Morgan fingerprint density at radius 3 is 2.45 bits per heavy atom. The van der Waals surface area contributed by atoms with Gasteiger partial charge in [-0.15, -0.1) is 0 Å². The Morgan fingerprint density at radius 1 is 1.09 bits per heavy atom. The van der Waals surface area contributed by atoms with Crippen molar-refractivity contribution in [1.82, 2.24) is 30.5 Å². The number of aromatic nitrogens is 3. The second-order valence-electron chi connectivity index (χ2n) is 7.26. The van der Waals surface area contributed by atoms with Crippen LogP contribution in [-0.4, -0.2) is 71.6 Å². The summed E-state index contributed by atoms with van der Waals surface area (Å²) in [4.78, 5) is 38.9. The van der Waals surface area contributed by atoms with Crippen LogP contribution in [0.25, 0.3) is 0 Å². The number of halogens is 3. The normalized spacial score (nSPS) is 14.6. The quantitative estimate of drug-likeness (QED) is 0.594. The molecule has 3 N–H and O–H groups in total. The fourth-order valence-electron chi connectivity index (χ4n) is 3.40. The van der Waals surface area contributed by atoms with Gasteiger partial charge in [0, 0.05) is 52.5 Å². The molecule has 0 spiro atoms. The minimum Gasteiger partial charge on any atom is -0.367 e. The topological polar surface area (TPSA) is 115 Å². The van der Waals surface area contributed by atoms with Crippen LogP contribution in [-0.2, 0) is 12.7 Å². The third kappa shape index (κ3) is 6.28. The first-order valence-corrected chi connectivity index (χ1v) is 10.4. The van der Waals surface area contributed by atoms with E-state index in [-0.39, 0.29) is 17.3 Å². The van der Waals surface area contributed by atoms with Crippen molar-refractivity contribution in [3.8, 4) is 0 Å². The molecule has 1 aliphatic rings. The molecule has 3 heterocycles. The molecule has 3 amide bonds. The van der Waals surface area contributed by atoms with Crippen LogP contribution >= 0.6 is 0 Å². The van der Waals surface area contributed by atoms with Crippen molar-refractivity contribution in [3.63, 3.8) is 0 Å². The van der Waals surface area contributed by atoms with Crippen molar-refractivity contribution in [3.05, 3.63) is 41.5 Å². The van der Waals surface area contributed by atoms with Crippen molar-refractivity contribution in [1.29, 1.82) is 0 Å². The van der Waals surface area contributed by atoms with Gasteiger partial charge in [-0.2, -0.15) is 13.2 Å². The molecule has 1 aliphatic heterocycles. The van der Waals surface area contributed by atoms with Gasteiger partial charge in [0.25, 0.3) is 5.91 Å². The second-order valence-corrected chi connectivity index (χ2v) is 7.26. The Balaban J connectivity index is 1.66. The van der Waals surface area contributed by atoms with Crippen LogP contribution in [0.1, 0.15) is 28.8 Å². The number of nitrogens with zero attached hydrogens (tertiary/aromatic N) is 5. The third-order valence-corrected chi connectivity index (χ3v) is 4.98. The molecule has 2 aromatic heterocycles. The molecular formula is C20H25F3N8O2.